The molecule has 1 heterocycles. The van der Waals surface area contributed by atoms with Gasteiger partial charge in [0.2, 0.25) is 0 Å². The van der Waals surface area contributed by atoms with E-state index in [0.717, 1.165) is 26.1 Å². The molecule has 1 fully saturated rings. The summed E-state index contributed by atoms with van der Waals surface area (Å²) in [6.07, 6.45) is 0.827. The van der Waals surface area contributed by atoms with E-state index in [2.05, 4.69) is 49.2 Å². The summed E-state index contributed by atoms with van der Waals surface area (Å²) in [5.41, 5.74) is 4.00. The average Bonchev–Trinajstić information content (AvgIpc) is 2.56. The van der Waals surface area contributed by atoms with Crippen molar-refractivity contribution in [3.8, 4) is 0 Å². The number of hydrogen-bond donors (Lipinski definition) is 2. The normalized spacial score (nSPS) is 24.3. The first-order chi connectivity index (χ1) is 9.10. The van der Waals surface area contributed by atoms with Crippen LogP contribution in [0, 0.1) is 19.8 Å². The topological polar surface area (TPSA) is 35.5 Å². The maximum atomic E-state index is 9.16. The maximum absolute atomic E-state index is 9.16. The van der Waals surface area contributed by atoms with E-state index in [4.69, 9.17) is 5.11 Å². The van der Waals surface area contributed by atoms with Gasteiger partial charge in [0.25, 0.3) is 0 Å². The van der Waals surface area contributed by atoms with Gasteiger partial charge in [0, 0.05) is 31.4 Å². The minimum absolute atomic E-state index is 0.257. The fourth-order valence-electron chi connectivity index (χ4n) is 2.70. The summed E-state index contributed by atoms with van der Waals surface area (Å²) in [6, 6.07) is 7.09. The summed E-state index contributed by atoms with van der Waals surface area (Å²) in [7, 11) is 0. The van der Waals surface area contributed by atoms with E-state index < -0.39 is 0 Å². The Hall–Kier alpha value is -1.06. The van der Waals surface area contributed by atoms with Crippen LogP contribution in [0.3, 0.4) is 0 Å². The van der Waals surface area contributed by atoms with E-state index in [1.54, 1.807) is 0 Å². The molecule has 0 saturated carbocycles. The first-order valence-electron chi connectivity index (χ1n) is 7.26. The number of rotatable bonds is 3. The van der Waals surface area contributed by atoms with Crippen LogP contribution in [0.4, 0.5) is 5.69 Å². The van der Waals surface area contributed by atoms with Crippen molar-refractivity contribution in [2.24, 2.45) is 5.92 Å². The van der Waals surface area contributed by atoms with Crippen molar-refractivity contribution in [3.63, 3.8) is 0 Å². The minimum atomic E-state index is 0.257. The standard InChI is InChI=1S/C16H26N2O/c1-12-9-17-15(6-7-19)11-18(10-12)16-5-4-13(2)14(3)8-16/h4-5,8,12,15,17,19H,6-7,9-11H2,1-3H3. The van der Waals surface area contributed by atoms with Crippen molar-refractivity contribution < 1.29 is 5.11 Å². The van der Waals surface area contributed by atoms with E-state index in [1.165, 1.54) is 16.8 Å². The molecule has 2 atom stereocenters. The first-order valence-corrected chi connectivity index (χ1v) is 7.26. The Morgan fingerprint density at radius 1 is 1.26 bits per heavy atom. The third kappa shape index (κ3) is 3.71. The summed E-state index contributed by atoms with van der Waals surface area (Å²) in [4.78, 5) is 2.46. The van der Waals surface area contributed by atoms with Crippen molar-refractivity contribution in [3.05, 3.63) is 29.3 Å². The predicted molar refractivity (Wildman–Crippen MR) is 80.8 cm³/mol. The quantitative estimate of drug-likeness (QED) is 0.875. The van der Waals surface area contributed by atoms with Crippen LogP contribution in [0.15, 0.2) is 18.2 Å². The van der Waals surface area contributed by atoms with Gasteiger partial charge in [-0.15, -0.1) is 0 Å². The molecule has 1 aliphatic rings. The third-order valence-corrected chi connectivity index (χ3v) is 4.06. The molecular weight excluding hydrogens is 236 g/mol. The number of aliphatic hydroxyl groups excluding tert-OH is 1. The molecule has 0 radical (unpaired) electrons. The van der Waals surface area contributed by atoms with E-state index in [1.807, 2.05) is 0 Å². The Balaban J connectivity index is 2.17. The molecule has 1 aliphatic heterocycles. The van der Waals surface area contributed by atoms with Crippen LogP contribution in [-0.2, 0) is 0 Å². The fourth-order valence-corrected chi connectivity index (χ4v) is 2.70. The molecule has 3 heteroatoms. The lowest BCUT2D eigenvalue weighted by molar-refractivity contribution is 0.266. The Morgan fingerprint density at radius 3 is 2.74 bits per heavy atom. The number of nitrogens with one attached hydrogen (secondary N) is 1. The zero-order valence-corrected chi connectivity index (χ0v) is 12.3. The highest BCUT2D eigenvalue weighted by molar-refractivity contribution is 5.51. The van der Waals surface area contributed by atoms with Crippen LogP contribution in [0.5, 0.6) is 0 Å². The van der Waals surface area contributed by atoms with Gasteiger partial charge in [-0.1, -0.05) is 13.0 Å². The van der Waals surface area contributed by atoms with Gasteiger partial charge in [0.05, 0.1) is 0 Å². The van der Waals surface area contributed by atoms with Crippen LogP contribution in [0.2, 0.25) is 0 Å². The second kappa shape index (κ2) is 6.40. The Kier molecular flexibility index (Phi) is 4.83. The van der Waals surface area contributed by atoms with Crippen molar-refractivity contribution in [2.75, 3.05) is 31.1 Å². The molecule has 0 amide bonds. The van der Waals surface area contributed by atoms with Gasteiger partial charge in [0.15, 0.2) is 0 Å². The second-order valence-electron chi connectivity index (χ2n) is 5.90. The molecule has 2 rings (SSSR count). The fraction of sp³-hybridized carbons (Fsp3) is 0.625. The highest BCUT2D eigenvalue weighted by atomic mass is 16.3. The van der Waals surface area contributed by atoms with E-state index in [-0.39, 0.29) is 6.61 Å². The smallest absolute Gasteiger partial charge is 0.0446 e. The molecular formula is C16H26N2O. The van der Waals surface area contributed by atoms with Crippen LogP contribution in [-0.4, -0.2) is 37.4 Å². The van der Waals surface area contributed by atoms with Gasteiger partial charge in [-0.2, -0.15) is 0 Å². The van der Waals surface area contributed by atoms with Crippen LogP contribution in [0.25, 0.3) is 0 Å². The lowest BCUT2D eigenvalue weighted by Gasteiger charge is -2.27. The van der Waals surface area contributed by atoms with E-state index >= 15 is 0 Å². The molecule has 3 nitrogen and oxygen atoms in total. The van der Waals surface area contributed by atoms with Gasteiger partial charge in [-0.05, 0) is 56.0 Å². The summed E-state index contributed by atoms with van der Waals surface area (Å²) >= 11 is 0. The molecule has 0 aliphatic carbocycles. The number of nitrogens with zero attached hydrogens (tertiary/aromatic N) is 1. The molecule has 0 bridgehead atoms. The van der Waals surface area contributed by atoms with Gasteiger partial charge in [-0.25, -0.2) is 0 Å². The molecule has 0 aromatic heterocycles. The number of aliphatic hydroxyl groups is 1. The predicted octanol–water partition coefficient (Wildman–Crippen LogP) is 2.10. The van der Waals surface area contributed by atoms with E-state index in [9.17, 15) is 0 Å². The molecule has 2 unspecified atom stereocenters. The average molecular weight is 262 g/mol. The highest BCUT2D eigenvalue weighted by Crippen LogP contribution is 2.21. The van der Waals surface area contributed by atoms with Crippen molar-refractivity contribution >= 4 is 5.69 Å². The van der Waals surface area contributed by atoms with Crippen molar-refractivity contribution in [1.82, 2.24) is 5.32 Å². The minimum Gasteiger partial charge on any atom is -0.396 e. The Bertz CT molecular complexity index is 419. The van der Waals surface area contributed by atoms with Gasteiger partial charge in [0.1, 0.15) is 0 Å². The second-order valence-corrected chi connectivity index (χ2v) is 5.90. The molecule has 1 aromatic carbocycles. The van der Waals surface area contributed by atoms with Gasteiger partial charge < -0.3 is 15.3 Å². The lowest BCUT2D eigenvalue weighted by Crippen LogP contribution is -2.38. The molecule has 2 N–H and O–H groups in total. The van der Waals surface area contributed by atoms with Crippen LogP contribution >= 0.6 is 0 Å². The summed E-state index contributed by atoms with van der Waals surface area (Å²) < 4.78 is 0. The van der Waals surface area contributed by atoms with Crippen LogP contribution < -0.4 is 10.2 Å². The van der Waals surface area contributed by atoms with Gasteiger partial charge in [-0.3, -0.25) is 0 Å². The summed E-state index contributed by atoms with van der Waals surface area (Å²) in [6.45, 7) is 9.95. The molecule has 106 valence electrons. The number of aryl methyl sites for hydroxylation is 2. The molecule has 19 heavy (non-hydrogen) atoms. The van der Waals surface area contributed by atoms with Crippen LogP contribution in [0.1, 0.15) is 24.5 Å². The number of benzene rings is 1. The highest BCUT2D eigenvalue weighted by Gasteiger charge is 2.21. The number of hydrogen-bond acceptors (Lipinski definition) is 3. The van der Waals surface area contributed by atoms with Gasteiger partial charge >= 0.3 is 0 Å². The molecule has 0 spiro atoms. The van der Waals surface area contributed by atoms with Crippen molar-refractivity contribution in [2.45, 2.75) is 33.2 Å². The first kappa shape index (κ1) is 14.4. The number of anilines is 1. The largest absolute Gasteiger partial charge is 0.396 e. The Morgan fingerprint density at radius 2 is 2.05 bits per heavy atom. The molecule has 1 saturated heterocycles. The summed E-state index contributed by atoms with van der Waals surface area (Å²) in [5.74, 6) is 0.630. The lowest BCUT2D eigenvalue weighted by atomic mass is 10.1. The summed E-state index contributed by atoms with van der Waals surface area (Å²) in [5, 5.41) is 12.7. The monoisotopic (exact) mass is 262 g/mol. The Labute approximate surface area is 116 Å². The zero-order chi connectivity index (χ0) is 13.8. The molecule has 1 aromatic rings. The third-order valence-electron chi connectivity index (χ3n) is 4.06. The maximum Gasteiger partial charge on any atom is 0.0446 e. The van der Waals surface area contributed by atoms with E-state index in [0.29, 0.717) is 12.0 Å². The zero-order valence-electron chi connectivity index (χ0n) is 12.3. The van der Waals surface area contributed by atoms with Crippen molar-refractivity contribution in [1.29, 1.82) is 0 Å². The SMILES string of the molecule is Cc1ccc(N2CC(C)CNC(CCO)C2)cc1C.